The second-order valence-corrected chi connectivity index (χ2v) is 12.4. The summed E-state index contributed by atoms with van der Waals surface area (Å²) < 4.78 is 0. The van der Waals surface area contributed by atoms with Gasteiger partial charge in [-0.15, -0.1) is 11.8 Å². The van der Waals surface area contributed by atoms with Gasteiger partial charge >= 0.3 is 5.97 Å². The average Bonchev–Trinajstić information content (AvgIpc) is 3.21. The van der Waals surface area contributed by atoms with E-state index in [1.54, 1.807) is 32.9 Å². The highest BCUT2D eigenvalue weighted by atomic mass is 32.2. The Labute approximate surface area is 261 Å². The van der Waals surface area contributed by atoms with E-state index in [9.17, 15) is 38.7 Å². The SMILES string of the molecule is CC(=O)N[C@@H](CSC1CC(=O)N(CCCCCC(=O)N[C@H](C(=O)N[C@@H](C)C(=O)Nc2ccc(C)cc2)C(C)C)C1=O)C(=O)O. The summed E-state index contributed by atoms with van der Waals surface area (Å²) in [5, 5.41) is 19.0. The van der Waals surface area contributed by atoms with Gasteiger partial charge in [0, 0.05) is 37.8 Å². The fourth-order valence-corrected chi connectivity index (χ4v) is 5.60. The number of carbonyl (C=O) groups is 7. The molecule has 1 heterocycles. The van der Waals surface area contributed by atoms with Gasteiger partial charge in [-0.25, -0.2) is 4.79 Å². The van der Waals surface area contributed by atoms with Gasteiger partial charge in [-0.3, -0.25) is 33.7 Å². The van der Waals surface area contributed by atoms with E-state index >= 15 is 0 Å². The van der Waals surface area contributed by atoms with Gasteiger partial charge in [0.15, 0.2) is 0 Å². The Hall–Kier alpha value is -3.94. The van der Waals surface area contributed by atoms with Crippen molar-refractivity contribution >= 4 is 58.9 Å². The summed E-state index contributed by atoms with van der Waals surface area (Å²) in [7, 11) is 0. The Balaban J connectivity index is 1.74. The lowest BCUT2D eigenvalue weighted by molar-refractivity contribution is -0.141. The molecule has 1 aromatic rings. The highest BCUT2D eigenvalue weighted by molar-refractivity contribution is 8.00. The van der Waals surface area contributed by atoms with Crippen LogP contribution in [0.5, 0.6) is 0 Å². The minimum Gasteiger partial charge on any atom is -0.480 e. The average molecular weight is 634 g/mol. The molecule has 0 spiro atoms. The molecule has 0 aliphatic carbocycles. The minimum absolute atomic E-state index is 0.0385. The van der Waals surface area contributed by atoms with Crippen molar-refractivity contribution < 1.29 is 38.7 Å². The van der Waals surface area contributed by atoms with Crippen molar-refractivity contribution in [1.29, 1.82) is 0 Å². The first-order valence-corrected chi connectivity index (χ1v) is 15.7. The molecule has 6 amide bonds. The van der Waals surface area contributed by atoms with Crippen molar-refractivity contribution in [1.82, 2.24) is 20.9 Å². The van der Waals surface area contributed by atoms with Crippen molar-refractivity contribution in [2.24, 2.45) is 5.92 Å². The maximum Gasteiger partial charge on any atom is 0.327 e. The predicted octanol–water partition coefficient (Wildman–Crippen LogP) is 1.59. The lowest BCUT2D eigenvalue weighted by Gasteiger charge is -2.24. The third-order valence-electron chi connectivity index (χ3n) is 6.96. The molecule has 2 rings (SSSR count). The number of hydrogen-bond acceptors (Lipinski definition) is 8. The van der Waals surface area contributed by atoms with Crippen molar-refractivity contribution in [2.45, 2.75) is 90.1 Å². The zero-order valence-electron chi connectivity index (χ0n) is 25.8. The molecule has 1 unspecified atom stereocenters. The second kappa shape index (κ2) is 17.4. The fourth-order valence-electron chi connectivity index (χ4n) is 4.42. The monoisotopic (exact) mass is 633 g/mol. The Bertz CT molecular complexity index is 1220. The number of carboxylic acid groups (broad SMARTS) is 1. The van der Waals surface area contributed by atoms with Crippen LogP contribution in [0.2, 0.25) is 0 Å². The molecule has 242 valence electrons. The molecule has 44 heavy (non-hydrogen) atoms. The van der Waals surface area contributed by atoms with Gasteiger partial charge in [0.1, 0.15) is 18.1 Å². The van der Waals surface area contributed by atoms with Gasteiger partial charge in [0.05, 0.1) is 5.25 Å². The number of carbonyl (C=O) groups excluding carboxylic acids is 6. The molecular formula is C30H43N5O8S. The standard InChI is InChI=1S/C30H43N5O8S/c1-17(2)26(28(40)31-19(4)27(39)33-21-12-10-18(3)11-13-21)34-24(37)9-7-6-8-14-35-25(38)15-23(29(35)41)44-16-22(30(42)43)32-20(5)36/h10-13,17,19,22-23,26H,6-9,14-16H2,1-5H3,(H,31,40)(H,32,36)(H,33,39)(H,34,37)(H,42,43)/t19-,22-,23?,26-/m0/s1. The zero-order chi connectivity index (χ0) is 33.0. The lowest BCUT2D eigenvalue weighted by Crippen LogP contribution is -2.53. The van der Waals surface area contributed by atoms with Crippen LogP contribution in [0.3, 0.4) is 0 Å². The number of thioether (sulfide) groups is 1. The fraction of sp³-hybridized carbons (Fsp3) is 0.567. The zero-order valence-corrected chi connectivity index (χ0v) is 26.6. The Morgan fingerprint density at radius 1 is 0.955 bits per heavy atom. The van der Waals surface area contributed by atoms with E-state index in [1.165, 1.54) is 6.92 Å². The number of carboxylic acids is 1. The number of aliphatic carboxylic acids is 1. The Morgan fingerprint density at radius 2 is 1.61 bits per heavy atom. The van der Waals surface area contributed by atoms with E-state index in [2.05, 4.69) is 21.3 Å². The third kappa shape index (κ3) is 11.6. The summed E-state index contributed by atoms with van der Waals surface area (Å²) in [5.74, 6) is -3.91. The largest absolute Gasteiger partial charge is 0.480 e. The number of nitrogens with one attached hydrogen (secondary N) is 4. The topological polar surface area (TPSA) is 191 Å². The maximum atomic E-state index is 12.9. The Morgan fingerprint density at radius 3 is 2.20 bits per heavy atom. The van der Waals surface area contributed by atoms with Gasteiger partial charge in [-0.2, -0.15) is 0 Å². The van der Waals surface area contributed by atoms with Crippen LogP contribution in [0.15, 0.2) is 24.3 Å². The molecule has 1 saturated heterocycles. The van der Waals surface area contributed by atoms with E-state index < -0.39 is 47.1 Å². The van der Waals surface area contributed by atoms with E-state index in [4.69, 9.17) is 0 Å². The number of imide groups is 1. The number of benzene rings is 1. The van der Waals surface area contributed by atoms with Crippen molar-refractivity contribution in [3.63, 3.8) is 0 Å². The van der Waals surface area contributed by atoms with Crippen LogP contribution < -0.4 is 21.3 Å². The van der Waals surface area contributed by atoms with Crippen molar-refractivity contribution in [3.05, 3.63) is 29.8 Å². The van der Waals surface area contributed by atoms with Gasteiger partial charge in [-0.1, -0.05) is 38.0 Å². The first-order valence-electron chi connectivity index (χ1n) is 14.6. The molecular weight excluding hydrogens is 590 g/mol. The summed E-state index contributed by atoms with van der Waals surface area (Å²) in [6.45, 7) is 8.47. The molecule has 0 bridgehead atoms. The number of rotatable bonds is 17. The first-order chi connectivity index (χ1) is 20.7. The van der Waals surface area contributed by atoms with E-state index in [-0.39, 0.29) is 48.8 Å². The molecule has 13 nitrogen and oxygen atoms in total. The second-order valence-electron chi connectivity index (χ2n) is 11.2. The molecule has 1 aromatic carbocycles. The summed E-state index contributed by atoms with van der Waals surface area (Å²) in [6, 6.07) is 4.45. The minimum atomic E-state index is -1.22. The normalized spacial score (nSPS) is 16.7. The molecule has 1 fully saturated rings. The number of anilines is 1. The quantitative estimate of drug-likeness (QED) is 0.125. The molecule has 0 radical (unpaired) electrons. The molecule has 0 saturated carbocycles. The van der Waals surface area contributed by atoms with E-state index in [0.29, 0.717) is 24.9 Å². The van der Waals surface area contributed by atoms with Crippen LogP contribution in [0, 0.1) is 12.8 Å². The molecule has 1 aliphatic rings. The molecule has 1 aliphatic heterocycles. The van der Waals surface area contributed by atoms with Gasteiger partial charge in [0.25, 0.3) is 0 Å². The van der Waals surface area contributed by atoms with Crippen LogP contribution in [0.1, 0.15) is 65.4 Å². The number of hydrogen-bond donors (Lipinski definition) is 5. The highest BCUT2D eigenvalue weighted by Gasteiger charge is 2.39. The number of likely N-dealkylation sites (tertiary alicyclic amines) is 1. The van der Waals surface area contributed by atoms with Gasteiger partial charge < -0.3 is 26.4 Å². The number of aryl methyl sites for hydroxylation is 1. The molecule has 4 atom stereocenters. The van der Waals surface area contributed by atoms with E-state index in [1.807, 2.05) is 19.1 Å². The molecule has 14 heteroatoms. The van der Waals surface area contributed by atoms with Crippen LogP contribution in [0.25, 0.3) is 0 Å². The summed E-state index contributed by atoms with van der Waals surface area (Å²) in [4.78, 5) is 86.7. The first kappa shape index (κ1) is 36.3. The summed E-state index contributed by atoms with van der Waals surface area (Å²) in [6.07, 6.45) is 1.61. The molecule has 0 aromatic heterocycles. The van der Waals surface area contributed by atoms with Crippen LogP contribution in [-0.2, 0) is 33.6 Å². The smallest absolute Gasteiger partial charge is 0.327 e. The van der Waals surface area contributed by atoms with E-state index in [0.717, 1.165) is 22.2 Å². The third-order valence-corrected chi connectivity index (χ3v) is 8.26. The van der Waals surface area contributed by atoms with Gasteiger partial charge in [0.2, 0.25) is 35.4 Å². The highest BCUT2D eigenvalue weighted by Crippen LogP contribution is 2.26. The number of nitrogens with zero attached hydrogens (tertiary/aromatic N) is 1. The molecule has 5 N–H and O–H groups in total. The van der Waals surface area contributed by atoms with Crippen LogP contribution in [0.4, 0.5) is 5.69 Å². The van der Waals surface area contributed by atoms with Crippen molar-refractivity contribution in [3.8, 4) is 0 Å². The summed E-state index contributed by atoms with van der Waals surface area (Å²) in [5.41, 5.74) is 1.66. The number of amides is 6. The summed E-state index contributed by atoms with van der Waals surface area (Å²) >= 11 is 1.03. The van der Waals surface area contributed by atoms with Crippen LogP contribution in [-0.4, -0.2) is 87.1 Å². The van der Waals surface area contributed by atoms with Crippen LogP contribution >= 0.6 is 11.8 Å². The Kier molecular flexibility index (Phi) is 14.3. The maximum absolute atomic E-state index is 12.9. The van der Waals surface area contributed by atoms with Crippen molar-refractivity contribution in [2.75, 3.05) is 17.6 Å². The lowest BCUT2D eigenvalue weighted by atomic mass is 10.0. The van der Waals surface area contributed by atoms with Gasteiger partial charge in [-0.05, 0) is 44.7 Å². The number of unbranched alkanes of at least 4 members (excludes halogenated alkanes) is 2. The predicted molar refractivity (Wildman–Crippen MR) is 165 cm³/mol.